The molecule has 4 heterocycles. The summed E-state index contributed by atoms with van der Waals surface area (Å²) in [6.07, 6.45) is 1.04. The number of piperazine rings is 1. The number of fused-ring (bicyclic) bond motifs is 3. The maximum Gasteiger partial charge on any atom is 0.343 e. The molecule has 0 aromatic heterocycles. The predicted octanol–water partition coefficient (Wildman–Crippen LogP) is 2.91. The Hall–Kier alpha value is -3.14. The second kappa shape index (κ2) is 8.22. The van der Waals surface area contributed by atoms with Gasteiger partial charge in [-0.2, -0.15) is 5.01 Å². The lowest BCUT2D eigenvalue weighted by Crippen LogP contribution is -2.58. The molecule has 180 valence electrons. The molecule has 0 unspecified atom stereocenters. The van der Waals surface area contributed by atoms with E-state index in [4.69, 9.17) is 23.2 Å². The van der Waals surface area contributed by atoms with Crippen molar-refractivity contribution in [2.75, 3.05) is 24.5 Å². The van der Waals surface area contributed by atoms with Gasteiger partial charge in [0, 0.05) is 38.1 Å². The molecule has 6 rings (SSSR count). The smallest absolute Gasteiger partial charge is 0.343 e. The van der Waals surface area contributed by atoms with E-state index >= 15 is 0 Å². The fourth-order valence-electron chi connectivity index (χ4n) is 5.53. The van der Waals surface area contributed by atoms with E-state index < -0.39 is 23.8 Å². The minimum Gasteiger partial charge on any atom is -0.364 e. The number of urea groups is 1. The van der Waals surface area contributed by atoms with Crippen LogP contribution in [0.1, 0.15) is 39.1 Å². The van der Waals surface area contributed by atoms with Crippen LogP contribution < -0.4 is 10.2 Å². The first-order chi connectivity index (χ1) is 16.8. The van der Waals surface area contributed by atoms with Gasteiger partial charge in [0.2, 0.25) is 5.91 Å². The minimum absolute atomic E-state index is 0.0209. The molecule has 9 nitrogen and oxygen atoms in total. The summed E-state index contributed by atoms with van der Waals surface area (Å²) < 4.78 is 0. The number of carbonyl (C=O) groups excluding carboxylic acids is 4. The number of anilines is 1. The van der Waals surface area contributed by atoms with Gasteiger partial charge in [-0.15, -0.1) is 0 Å². The predicted molar refractivity (Wildman–Crippen MR) is 128 cm³/mol. The first-order valence-electron chi connectivity index (χ1n) is 11.4. The number of rotatable bonds is 4. The summed E-state index contributed by atoms with van der Waals surface area (Å²) in [6, 6.07) is 10.8. The Morgan fingerprint density at radius 1 is 0.943 bits per heavy atom. The Morgan fingerprint density at radius 2 is 1.74 bits per heavy atom. The summed E-state index contributed by atoms with van der Waals surface area (Å²) in [6.45, 7) is 2.31. The number of halogens is 2. The Balaban J connectivity index is 1.17. The maximum atomic E-state index is 13.1. The first-order valence-corrected chi connectivity index (χ1v) is 12.1. The van der Waals surface area contributed by atoms with E-state index in [1.165, 1.54) is 0 Å². The second-order valence-corrected chi connectivity index (χ2v) is 10.0. The number of hydrogen-bond donors (Lipinski definition) is 1. The number of hydrogen-bond acceptors (Lipinski definition) is 6. The van der Waals surface area contributed by atoms with Crippen LogP contribution in [0, 0.1) is 0 Å². The molecule has 11 heteroatoms. The van der Waals surface area contributed by atoms with Crippen molar-refractivity contribution >= 4 is 52.6 Å². The average molecular weight is 514 g/mol. The standard InChI is InChI=1S/C24H21Cl2N5O4/c25-18-2-1-3-19(21(18)26)29-12-14-9-15(29)11-28(14)10-13-4-5-16-17(8-13)23(34)31(22(16)33)30-7-6-20(32)27-24(30)35/h1-5,8,14-15H,6-7,9-12H2,(H,27,32,35)/t14-,15-/m1/s1. The third-order valence-electron chi connectivity index (χ3n) is 7.18. The van der Waals surface area contributed by atoms with Gasteiger partial charge in [0.15, 0.2) is 0 Å². The van der Waals surface area contributed by atoms with Crippen LogP contribution in [0.4, 0.5) is 10.5 Å². The van der Waals surface area contributed by atoms with Crippen molar-refractivity contribution in [1.29, 1.82) is 0 Å². The molecule has 4 aliphatic rings. The van der Waals surface area contributed by atoms with E-state index in [-0.39, 0.29) is 24.1 Å². The Bertz CT molecular complexity index is 1300. The lowest BCUT2D eigenvalue weighted by Gasteiger charge is -2.36. The molecular formula is C24H21Cl2N5O4. The highest BCUT2D eigenvalue weighted by Gasteiger charge is 2.45. The third-order valence-corrected chi connectivity index (χ3v) is 7.99. The Kier molecular flexibility index (Phi) is 5.24. The number of carbonyl (C=O) groups is 4. The number of hydrazine groups is 1. The van der Waals surface area contributed by atoms with Gasteiger partial charge in [-0.3, -0.25) is 24.6 Å². The van der Waals surface area contributed by atoms with Crippen LogP contribution in [0.25, 0.3) is 0 Å². The van der Waals surface area contributed by atoms with E-state index in [1.54, 1.807) is 18.2 Å². The van der Waals surface area contributed by atoms with Crippen LogP contribution >= 0.6 is 23.2 Å². The van der Waals surface area contributed by atoms with Crippen LogP contribution in [-0.2, 0) is 11.3 Å². The first kappa shape index (κ1) is 22.3. The van der Waals surface area contributed by atoms with Crippen molar-refractivity contribution in [3.63, 3.8) is 0 Å². The second-order valence-electron chi connectivity index (χ2n) is 9.23. The summed E-state index contributed by atoms with van der Waals surface area (Å²) in [4.78, 5) is 54.3. The molecule has 1 N–H and O–H groups in total. The number of likely N-dealkylation sites (tertiary alicyclic amines) is 1. The summed E-state index contributed by atoms with van der Waals surface area (Å²) in [5, 5.41) is 5.10. The maximum absolute atomic E-state index is 13.1. The quantitative estimate of drug-likeness (QED) is 0.631. The van der Waals surface area contributed by atoms with Crippen LogP contribution in [0.3, 0.4) is 0 Å². The van der Waals surface area contributed by atoms with Gasteiger partial charge in [0.05, 0.1) is 33.4 Å². The topological polar surface area (TPSA) is 93.3 Å². The molecule has 35 heavy (non-hydrogen) atoms. The van der Waals surface area contributed by atoms with Crippen LogP contribution in [0.2, 0.25) is 10.0 Å². The van der Waals surface area contributed by atoms with E-state index in [9.17, 15) is 19.2 Å². The van der Waals surface area contributed by atoms with Crippen LogP contribution in [0.5, 0.6) is 0 Å². The van der Waals surface area contributed by atoms with Gasteiger partial charge in [0.25, 0.3) is 11.8 Å². The summed E-state index contributed by atoms with van der Waals surface area (Å²) in [5.41, 5.74) is 2.41. The van der Waals surface area contributed by atoms with Crippen molar-refractivity contribution in [3.8, 4) is 0 Å². The highest BCUT2D eigenvalue weighted by molar-refractivity contribution is 6.43. The molecule has 4 aliphatic heterocycles. The fourth-order valence-corrected chi connectivity index (χ4v) is 5.93. The van der Waals surface area contributed by atoms with Gasteiger partial charge in [0.1, 0.15) is 0 Å². The number of imide groups is 2. The molecule has 0 spiro atoms. The van der Waals surface area contributed by atoms with Gasteiger partial charge in [-0.25, -0.2) is 9.80 Å². The van der Waals surface area contributed by atoms with Crippen LogP contribution in [0.15, 0.2) is 36.4 Å². The number of nitrogens with zero attached hydrogens (tertiary/aromatic N) is 4. The van der Waals surface area contributed by atoms with E-state index in [2.05, 4.69) is 15.1 Å². The molecule has 2 aromatic rings. The molecule has 3 fully saturated rings. The van der Waals surface area contributed by atoms with E-state index in [0.717, 1.165) is 40.8 Å². The summed E-state index contributed by atoms with van der Waals surface area (Å²) in [5.74, 6) is -1.54. The normalized spacial score (nSPS) is 24.0. The molecular weight excluding hydrogens is 493 g/mol. The third kappa shape index (κ3) is 3.57. The Morgan fingerprint density at radius 3 is 2.49 bits per heavy atom. The molecule has 2 atom stereocenters. The van der Waals surface area contributed by atoms with Gasteiger partial charge >= 0.3 is 6.03 Å². The largest absolute Gasteiger partial charge is 0.364 e. The van der Waals surface area contributed by atoms with Crippen molar-refractivity contribution in [2.45, 2.75) is 31.5 Å². The molecule has 5 amide bonds. The van der Waals surface area contributed by atoms with Crippen molar-refractivity contribution in [2.24, 2.45) is 0 Å². The summed E-state index contributed by atoms with van der Waals surface area (Å²) in [7, 11) is 0. The zero-order valence-corrected chi connectivity index (χ0v) is 20.1. The SMILES string of the molecule is O=C1CCN(N2C(=O)c3ccc(CN4C[C@H]5C[C@@H]4CN5c4cccc(Cl)c4Cl)cc3C2=O)C(=O)N1. The fraction of sp³-hybridized carbons (Fsp3) is 0.333. The highest BCUT2D eigenvalue weighted by Crippen LogP contribution is 2.40. The number of benzene rings is 2. The van der Waals surface area contributed by atoms with Gasteiger partial charge in [-0.1, -0.05) is 35.3 Å². The molecule has 3 saturated heterocycles. The van der Waals surface area contributed by atoms with E-state index in [1.807, 2.05) is 18.2 Å². The van der Waals surface area contributed by atoms with Gasteiger partial charge < -0.3 is 4.90 Å². The monoisotopic (exact) mass is 513 g/mol. The van der Waals surface area contributed by atoms with Crippen LogP contribution in [-0.4, -0.2) is 70.4 Å². The number of nitrogens with one attached hydrogen (secondary N) is 1. The van der Waals surface area contributed by atoms with Crippen molar-refractivity contribution in [1.82, 2.24) is 20.2 Å². The van der Waals surface area contributed by atoms with E-state index in [0.29, 0.717) is 28.7 Å². The summed E-state index contributed by atoms with van der Waals surface area (Å²) >= 11 is 12.7. The lowest BCUT2D eigenvalue weighted by molar-refractivity contribution is -0.122. The van der Waals surface area contributed by atoms with Gasteiger partial charge in [-0.05, 0) is 36.2 Å². The molecule has 2 aromatic carbocycles. The zero-order chi connectivity index (χ0) is 24.4. The lowest BCUT2D eigenvalue weighted by atomic mass is 10.0. The van der Waals surface area contributed by atoms with Crippen molar-refractivity contribution < 1.29 is 19.2 Å². The molecule has 0 radical (unpaired) electrons. The average Bonchev–Trinajstić information content (AvgIpc) is 3.49. The highest BCUT2D eigenvalue weighted by atomic mass is 35.5. The molecule has 0 aliphatic carbocycles. The molecule has 2 bridgehead atoms. The molecule has 0 saturated carbocycles. The zero-order valence-electron chi connectivity index (χ0n) is 18.5. The minimum atomic E-state index is -0.770. The number of amides is 5. The van der Waals surface area contributed by atoms with Crippen molar-refractivity contribution in [3.05, 3.63) is 63.1 Å². The Labute approximate surface area is 211 Å².